The maximum absolute atomic E-state index is 14.3. The fourth-order valence-electron chi connectivity index (χ4n) is 3.81. The van der Waals surface area contributed by atoms with Gasteiger partial charge in [-0.2, -0.15) is 13.2 Å². The second-order valence-electron chi connectivity index (χ2n) is 8.13. The average molecular weight is 513 g/mol. The molecule has 0 aliphatic heterocycles. The van der Waals surface area contributed by atoms with E-state index in [1.807, 2.05) is 0 Å². The molecular weight excluding hydrogens is 489 g/mol. The molecule has 0 aliphatic rings. The molecule has 0 aliphatic carbocycles. The van der Waals surface area contributed by atoms with Crippen LogP contribution in [0, 0.1) is 6.92 Å². The molecule has 34 heavy (non-hydrogen) atoms. The minimum absolute atomic E-state index is 0.0920. The lowest BCUT2D eigenvalue weighted by molar-refractivity contribution is -0.143. The van der Waals surface area contributed by atoms with E-state index in [4.69, 9.17) is 11.6 Å². The van der Waals surface area contributed by atoms with Crippen LogP contribution in [0.1, 0.15) is 27.3 Å². The number of halogens is 4. The van der Waals surface area contributed by atoms with Crippen LogP contribution >= 0.6 is 11.6 Å². The molecule has 0 bridgehead atoms. The molecule has 1 aromatic heterocycles. The van der Waals surface area contributed by atoms with Crippen LogP contribution in [0.3, 0.4) is 0 Å². The van der Waals surface area contributed by atoms with E-state index in [0.29, 0.717) is 16.1 Å². The highest BCUT2D eigenvalue weighted by Crippen LogP contribution is 2.41. The Hall–Kier alpha value is -2.78. The predicted molar refractivity (Wildman–Crippen MR) is 127 cm³/mol. The third kappa shape index (κ3) is 5.82. The summed E-state index contributed by atoms with van der Waals surface area (Å²) >= 11 is 5.97. The van der Waals surface area contributed by atoms with Gasteiger partial charge in [-0.15, -0.1) is 0 Å². The molecule has 0 saturated carbocycles. The van der Waals surface area contributed by atoms with Gasteiger partial charge < -0.3 is 9.47 Å². The van der Waals surface area contributed by atoms with E-state index in [0.717, 1.165) is 15.7 Å². The predicted octanol–water partition coefficient (Wildman–Crippen LogP) is 5.30. The number of hydrogen-bond acceptors (Lipinski definition) is 3. The highest BCUT2D eigenvalue weighted by molar-refractivity contribution is 7.90. The van der Waals surface area contributed by atoms with Crippen LogP contribution in [-0.4, -0.2) is 49.4 Å². The second-order valence-corrected chi connectivity index (χ2v) is 10.8. The molecule has 0 fully saturated rings. The van der Waals surface area contributed by atoms with Crippen molar-refractivity contribution >= 4 is 27.3 Å². The zero-order chi connectivity index (χ0) is 25.3. The Morgan fingerprint density at radius 1 is 1.06 bits per heavy atom. The molecule has 0 N–H and O–H groups in total. The van der Waals surface area contributed by atoms with Crippen LogP contribution < -0.4 is 0 Å². The van der Waals surface area contributed by atoms with Crippen molar-refractivity contribution in [3.05, 3.63) is 82.1 Å². The summed E-state index contributed by atoms with van der Waals surface area (Å²) in [4.78, 5) is 14.7. The summed E-state index contributed by atoms with van der Waals surface area (Å²) in [5.41, 5.74) is -0.0625. The molecule has 1 amide bonds. The van der Waals surface area contributed by atoms with Crippen LogP contribution in [0.25, 0.3) is 11.1 Å². The number of carbonyl (C=O) groups is 1. The quantitative estimate of drug-likeness (QED) is 0.431. The number of aromatic nitrogens is 1. The van der Waals surface area contributed by atoms with Gasteiger partial charge in [0.1, 0.15) is 21.2 Å². The van der Waals surface area contributed by atoms with Crippen molar-refractivity contribution < 1.29 is 26.4 Å². The van der Waals surface area contributed by atoms with Crippen molar-refractivity contribution in [1.82, 2.24) is 9.47 Å². The Morgan fingerprint density at radius 2 is 1.65 bits per heavy atom. The van der Waals surface area contributed by atoms with Crippen molar-refractivity contribution in [2.24, 2.45) is 0 Å². The highest BCUT2D eigenvalue weighted by atomic mass is 35.5. The molecule has 0 saturated heterocycles. The number of amides is 1. The van der Waals surface area contributed by atoms with E-state index in [2.05, 4.69) is 0 Å². The van der Waals surface area contributed by atoms with Gasteiger partial charge in [-0.1, -0.05) is 54.1 Å². The fourth-order valence-corrected chi connectivity index (χ4v) is 4.54. The van der Waals surface area contributed by atoms with E-state index in [1.165, 1.54) is 14.0 Å². The van der Waals surface area contributed by atoms with Gasteiger partial charge >= 0.3 is 6.18 Å². The van der Waals surface area contributed by atoms with Gasteiger partial charge in [0.05, 0.1) is 5.75 Å². The van der Waals surface area contributed by atoms with E-state index >= 15 is 0 Å². The van der Waals surface area contributed by atoms with E-state index in [-0.39, 0.29) is 35.7 Å². The molecular formula is C24H24ClF3N2O3S. The molecule has 3 aromatic rings. The first-order valence-corrected chi connectivity index (χ1v) is 12.8. The first kappa shape index (κ1) is 25.8. The third-order valence-electron chi connectivity index (χ3n) is 5.44. The molecule has 3 rings (SSSR count). The highest BCUT2D eigenvalue weighted by Gasteiger charge is 2.41. The smallest absolute Gasteiger partial charge is 0.339 e. The SMILES string of the molecule is Cc1c(-c2ccc(Cl)cc2)c(C(=O)N(C)CCS(C)(=O)=O)n(Cc2ccccc2)c1C(F)(F)F. The lowest BCUT2D eigenvalue weighted by Gasteiger charge is -2.21. The van der Waals surface area contributed by atoms with Crippen LogP contribution in [0.4, 0.5) is 13.2 Å². The lowest BCUT2D eigenvalue weighted by Crippen LogP contribution is -2.33. The normalized spacial score (nSPS) is 12.1. The van der Waals surface area contributed by atoms with Crippen molar-refractivity contribution in [2.75, 3.05) is 25.6 Å². The fraction of sp³-hybridized carbons (Fsp3) is 0.292. The van der Waals surface area contributed by atoms with Crippen LogP contribution in [0.5, 0.6) is 0 Å². The van der Waals surface area contributed by atoms with Gasteiger partial charge in [0, 0.05) is 37.0 Å². The molecule has 182 valence electrons. The first-order valence-electron chi connectivity index (χ1n) is 10.3. The Balaban J connectivity index is 2.27. The maximum Gasteiger partial charge on any atom is 0.431 e. The van der Waals surface area contributed by atoms with Crippen LogP contribution in [-0.2, 0) is 22.6 Å². The standard InChI is InChI=1S/C24H24ClF3N2O3S/c1-16-20(18-9-11-19(25)12-10-18)21(23(31)29(2)13-14-34(3,32)33)30(22(16)24(26,27)28)15-17-7-5-4-6-8-17/h4-12H,13-15H2,1-3H3. The van der Waals surface area contributed by atoms with Crippen molar-refractivity contribution in [3.63, 3.8) is 0 Å². The summed E-state index contributed by atoms with van der Waals surface area (Å²) in [6.07, 6.45) is -3.70. The Kier molecular flexibility index (Phi) is 7.47. The third-order valence-corrected chi connectivity index (χ3v) is 6.61. The summed E-state index contributed by atoms with van der Waals surface area (Å²) in [7, 11) is -2.01. The summed E-state index contributed by atoms with van der Waals surface area (Å²) in [6, 6.07) is 14.7. The zero-order valence-electron chi connectivity index (χ0n) is 18.9. The van der Waals surface area contributed by atoms with Crippen molar-refractivity contribution in [1.29, 1.82) is 0 Å². The molecule has 10 heteroatoms. The van der Waals surface area contributed by atoms with Gasteiger partial charge in [0.2, 0.25) is 0 Å². The Morgan fingerprint density at radius 3 is 2.18 bits per heavy atom. The lowest BCUT2D eigenvalue weighted by atomic mass is 10.00. The van der Waals surface area contributed by atoms with Crippen LogP contribution in [0.2, 0.25) is 5.02 Å². The molecule has 0 spiro atoms. The average Bonchev–Trinajstić information content (AvgIpc) is 3.04. The van der Waals surface area contributed by atoms with E-state index in [9.17, 15) is 26.4 Å². The largest absolute Gasteiger partial charge is 0.431 e. The molecule has 5 nitrogen and oxygen atoms in total. The Labute approximate surface area is 201 Å². The number of benzene rings is 2. The second kappa shape index (κ2) is 9.84. The number of sulfone groups is 1. The van der Waals surface area contributed by atoms with Gasteiger partial charge in [-0.05, 0) is 35.7 Å². The molecule has 0 radical (unpaired) electrons. The number of hydrogen-bond donors (Lipinski definition) is 0. The molecule has 0 atom stereocenters. The summed E-state index contributed by atoms with van der Waals surface area (Å²) in [5.74, 6) is -1.01. The number of nitrogens with zero attached hydrogens (tertiary/aromatic N) is 2. The van der Waals surface area contributed by atoms with Gasteiger partial charge in [-0.3, -0.25) is 4.79 Å². The maximum atomic E-state index is 14.3. The molecule has 2 aromatic carbocycles. The minimum atomic E-state index is -4.73. The summed E-state index contributed by atoms with van der Waals surface area (Å²) < 4.78 is 67.1. The molecule has 1 heterocycles. The number of carbonyl (C=O) groups excluding carboxylic acids is 1. The molecule has 0 unspecified atom stereocenters. The number of alkyl halides is 3. The zero-order valence-corrected chi connectivity index (χ0v) is 20.4. The first-order chi connectivity index (χ1) is 15.8. The van der Waals surface area contributed by atoms with E-state index in [1.54, 1.807) is 54.6 Å². The number of rotatable bonds is 7. The van der Waals surface area contributed by atoms with Gasteiger partial charge in [0.15, 0.2) is 0 Å². The summed E-state index contributed by atoms with van der Waals surface area (Å²) in [6.45, 7) is 0.987. The summed E-state index contributed by atoms with van der Waals surface area (Å²) in [5, 5.41) is 0.402. The Bertz CT molecular complexity index is 1290. The van der Waals surface area contributed by atoms with Crippen molar-refractivity contribution in [3.8, 4) is 11.1 Å². The monoisotopic (exact) mass is 512 g/mol. The van der Waals surface area contributed by atoms with Crippen LogP contribution in [0.15, 0.2) is 54.6 Å². The minimum Gasteiger partial charge on any atom is -0.339 e. The van der Waals surface area contributed by atoms with Gasteiger partial charge in [-0.25, -0.2) is 8.42 Å². The van der Waals surface area contributed by atoms with Crippen molar-refractivity contribution in [2.45, 2.75) is 19.6 Å². The van der Waals surface area contributed by atoms with Gasteiger partial charge in [0.25, 0.3) is 5.91 Å². The van der Waals surface area contributed by atoms with E-state index < -0.39 is 27.6 Å². The topological polar surface area (TPSA) is 59.4 Å².